The van der Waals surface area contributed by atoms with E-state index in [1.165, 1.54) is 24.3 Å². The van der Waals surface area contributed by atoms with E-state index in [1.807, 2.05) is 11.8 Å². The van der Waals surface area contributed by atoms with Crippen molar-refractivity contribution >= 4 is 24.2 Å². The molecule has 1 aliphatic heterocycles. The first kappa shape index (κ1) is 16.8. The summed E-state index contributed by atoms with van der Waals surface area (Å²) in [4.78, 5) is 3.95. The van der Waals surface area contributed by atoms with Crippen molar-refractivity contribution in [3.63, 3.8) is 0 Å². The molecule has 2 rings (SSSR count). The van der Waals surface area contributed by atoms with Crippen LogP contribution in [-0.2, 0) is 0 Å². The number of rotatable bonds is 5. The molecule has 0 saturated carbocycles. The van der Waals surface area contributed by atoms with E-state index < -0.39 is 0 Å². The van der Waals surface area contributed by atoms with Crippen LogP contribution in [0.15, 0.2) is 35.2 Å². The van der Waals surface area contributed by atoms with Gasteiger partial charge in [-0.3, -0.25) is 4.90 Å². The summed E-state index contributed by atoms with van der Waals surface area (Å²) in [5, 5.41) is 0. The fraction of sp³-hybridized carbons (Fsp3) is 0.600. The molecule has 1 fully saturated rings. The minimum absolute atomic E-state index is 0. The highest BCUT2D eigenvalue weighted by Gasteiger charge is 2.24. The van der Waals surface area contributed by atoms with Gasteiger partial charge in [0.15, 0.2) is 0 Å². The monoisotopic (exact) mass is 300 g/mol. The fourth-order valence-electron chi connectivity index (χ4n) is 2.64. The number of piperidine rings is 1. The molecule has 2 atom stereocenters. The van der Waals surface area contributed by atoms with Crippen molar-refractivity contribution < 1.29 is 0 Å². The first-order chi connectivity index (χ1) is 8.79. The summed E-state index contributed by atoms with van der Waals surface area (Å²) in [6.45, 7) is 5.53. The first-order valence-corrected chi connectivity index (χ1v) is 7.90. The zero-order chi connectivity index (χ0) is 12.8. The van der Waals surface area contributed by atoms with Crippen molar-refractivity contribution in [1.82, 2.24) is 4.90 Å². The zero-order valence-electron chi connectivity index (χ0n) is 11.6. The molecule has 1 aromatic rings. The predicted octanol–water partition coefficient (Wildman–Crippen LogP) is 3.26. The lowest BCUT2D eigenvalue weighted by Gasteiger charge is -2.37. The largest absolute Gasteiger partial charge is 0.329 e. The second-order valence-corrected chi connectivity index (χ2v) is 6.38. The van der Waals surface area contributed by atoms with Crippen molar-refractivity contribution in [3.8, 4) is 0 Å². The Morgan fingerprint density at radius 2 is 2.05 bits per heavy atom. The molecule has 1 aliphatic rings. The summed E-state index contributed by atoms with van der Waals surface area (Å²) in [5.41, 5.74) is 5.89. The number of thioether (sulfide) groups is 1. The number of likely N-dealkylation sites (tertiary alicyclic amines) is 1. The summed E-state index contributed by atoms with van der Waals surface area (Å²) in [6, 6.07) is 11.2. The highest BCUT2D eigenvalue weighted by atomic mass is 35.5. The number of nitrogens with zero attached hydrogens (tertiary/aromatic N) is 1. The van der Waals surface area contributed by atoms with Crippen LogP contribution in [0.4, 0.5) is 0 Å². The Hall–Kier alpha value is -0.220. The van der Waals surface area contributed by atoms with Crippen LogP contribution in [0.3, 0.4) is 0 Å². The zero-order valence-corrected chi connectivity index (χ0v) is 13.3. The van der Waals surface area contributed by atoms with Crippen LogP contribution >= 0.6 is 24.2 Å². The minimum Gasteiger partial charge on any atom is -0.329 e. The van der Waals surface area contributed by atoms with E-state index in [4.69, 9.17) is 5.73 Å². The molecule has 0 aliphatic carbocycles. The highest BCUT2D eigenvalue weighted by Crippen LogP contribution is 2.23. The van der Waals surface area contributed by atoms with Gasteiger partial charge in [0.1, 0.15) is 0 Å². The maximum atomic E-state index is 5.89. The average molecular weight is 301 g/mol. The molecular weight excluding hydrogens is 276 g/mol. The Morgan fingerprint density at radius 3 is 2.74 bits per heavy atom. The van der Waals surface area contributed by atoms with Crippen LogP contribution in [0, 0.1) is 5.92 Å². The molecule has 0 spiro atoms. The molecule has 0 radical (unpaired) electrons. The lowest BCUT2D eigenvalue weighted by molar-refractivity contribution is 0.131. The van der Waals surface area contributed by atoms with E-state index in [0.717, 1.165) is 24.8 Å². The van der Waals surface area contributed by atoms with E-state index in [1.54, 1.807) is 0 Å². The number of halogens is 1. The molecule has 0 bridgehead atoms. The Labute approximate surface area is 127 Å². The van der Waals surface area contributed by atoms with Crippen LogP contribution < -0.4 is 5.73 Å². The highest BCUT2D eigenvalue weighted by molar-refractivity contribution is 7.99. The SMILES string of the molecule is CC1CCN(CCSc2ccccc2)C(CN)C1.Cl. The predicted molar refractivity (Wildman–Crippen MR) is 87.2 cm³/mol. The molecule has 2 unspecified atom stereocenters. The molecule has 1 saturated heterocycles. The third-order valence-electron chi connectivity index (χ3n) is 3.76. The second-order valence-electron chi connectivity index (χ2n) is 5.22. The first-order valence-electron chi connectivity index (χ1n) is 6.91. The summed E-state index contributed by atoms with van der Waals surface area (Å²) in [5.74, 6) is 2.01. The maximum absolute atomic E-state index is 5.89. The van der Waals surface area contributed by atoms with Gasteiger partial charge >= 0.3 is 0 Å². The molecule has 2 nitrogen and oxygen atoms in total. The molecule has 4 heteroatoms. The van der Waals surface area contributed by atoms with Gasteiger partial charge in [0.05, 0.1) is 0 Å². The lowest BCUT2D eigenvalue weighted by atomic mass is 9.92. The number of hydrogen-bond acceptors (Lipinski definition) is 3. The Kier molecular flexibility index (Phi) is 7.84. The molecule has 19 heavy (non-hydrogen) atoms. The van der Waals surface area contributed by atoms with Gasteiger partial charge < -0.3 is 5.73 Å². The maximum Gasteiger partial charge on any atom is 0.0221 e. The van der Waals surface area contributed by atoms with Crippen molar-refractivity contribution in [2.45, 2.75) is 30.7 Å². The molecule has 1 aromatic carbocycles. The fourth-order valence-corrected chi connectivity index (χ4v) is 3.55. The topological polar surface area (TPSA) is 29.3 Å². The van der Waals surface area contributed by atoms with E-state index in [9.17, 15) is 0 Å². The Bertz CT molecular complexity index is 347. The van der Waals surface area contributed by atoms with Gasteiger partial charge in [0, 0.05) is 29.8 Å². The van der Waals surface area contributed by atoms with E-state index in [0.29, 0.717) is 6.04 Å². The smallest absolute Gasteiger partial charge is 0.0221 e. The van der Waals surface area contributed by atoms with Crippen LogP contribution in [0.2, 0.25) is 0 Å². The summed E-state index contributed by atoms with van der Waals surface area (Å²) in [7, 11) is 0. The lowest BCUT2D eigenvalue weighted by Crippen LogP contribution is -2.47. The molecule has 1 heterocycles. The van der Waals surface area contributed by atoms with Gasteiger partial charge in [-0.15, -0.1) is 24.2 Å². The van der Waals surface area contributed by atoms with Crippen molar-refractivity contribution in [2.24, 2.45) is 11.7 Å². The Morgan fingerprint density at radius 1 is 1.32 bits per heavy atom. The van der Waals surface area contributed by atoms with E-state index in [-0.39, 0.29) is 12.4 Å². The van der Waals surface area contributed by atoms with E-state index in [2.05, 4.69) is 42.2 Å². The van der Waals surface area contributed by atoms with Gasteiger partial charge in [-0.05, 0) is 37.4 Å². The van der Waals surface area contributed by atoms with Gasteiger partial charge in [0.25, 0.3) is 0 Å². The third-order valence-corrected chi connectivity index (χ3v) is 4.75. The van der Waals surface area contributed by atoms with Crippen molar-refractivity contribution in [2.75, 3.05) is 25.4 Å². The van der Waals surface area contributed by atoms with Crippen molar-refractivity contribution in [3.05, 3.63) is 30.3 Å². The summed E-state index contributed by atoms with van der Waals surface area (Å²) < 4.78 is 0. The van der Waals surface area contributed by atoms with E-state index >= 15 is 0 Å². The van der Waals surface area contributed by atoms with Gasteiger partial charge in [-0.1, -0.05) is 25.1 Å². The molecule has 0 aromatic heterocycles. The molecule has 0 amide bonds. The number of benzene rings is 1. The number of hydrogen-bond donors (Lipinski definition) is 1. The van der Waals surface area contributed by atoms with Crippen LogP contribution in [0.1, 0.15) is 19.8 Å². The summed E-state index contributed by atoms with van der Waals surface area (Å²) in [6.07, 6.45) is 2.60. The van der Waals surface area contributed by atoms with Crippen LogP contribution in [-0.4, -0.2) is 36.3 Å². The standard InChI is InChI=1S/C15H24N2S.ClH/c1-13-7-8-17(14(11-13)12-16)9-10-18-15-5-3-2-4-6-15;/h2-6,13-14H,7-12,16H2,1H3;1H. The van der Waals surface area contributed by atoms with Crippen LogP contribution in [0.5, 0.6) is 0 Å². The van der Waals surface area contributed by atoms with Gasteiger partial charge in [-0.25, -0.2) is 0 Å². The normalized spacial score (nSPS) is 23.9. The average Bonchev–Trinajstić information content (AvgIpc) is 2.41. The molecule has 2 N–H and O–H groups in total. The Balaban J connectivity index is 0.00000180. The quantitative estimate of drug-likeness (QED) is 0.846. The van der Waals surface area contributed by atoms with Gasteiger partial charge in [0.2, 0.25) is 0 Å². The van der Waals surface area contributed by atoms with Crippen LogP contribution in [0.25, 0.3) is 0 Å². The third kappa shape index (κ3) is 5.35. The molecule has 108 valence electrons. The minimum atomic E-state index is 0. The van der Waals surface area contributed by atoms with Crippen molar-refractivity contribution in [1.29, 1.82) is 0 Å². The second kappa shape index (κ2) is 8.85. The van der Waals surface area contributed by atoms with Gasteiger partial charge in [-0.2, -0.15) is 0 Å². The summed E-state index contributed by atoms with van der Waals surface area (Å²) >= 11 is 1.94. The molecular formula is C15H25ClN2S. The number of nitrogens with two attached hydrogens (primary N) is 1.